The average molecular weight is 523 g/mol. The molecule has 0 spiro atoms. The van der Waals surface area contributed by atoms with Gasteiger partial charge in [0, 0.05) is 24.8 Å². The number of carbonyl (C=O) groups excluding carboxylic acids is 1. The Morgan fingerprint density at radius 2 is 1.68 bits per heavy atom. The Morgan fingerprint density at radius 1 is 1.03 bits per heavy atom. The van der Waals surface area contributed by atoms with Crippen LogP contribution in [-0.2, 0) is 21.0 Å². The van der Waals surface area contributed by atoms with Gasteiger partial charge >= 0.3 is 0 Å². The van der Waals surface area contributed by atoms with Crippen LogP contribution in [0.25, 0.3) is 0 Å². The van der Waals surface area contributed by atoms with Crippen LogP contribution in [0.3, 0.4) is 0 Å². The van der Waals surface area contributed by atoms with Crippen molar-refractivity contribution in [3.63, 3.8) is 0 Å². The summed E-state index contributed by atoms with van der Waals surface area (Å²) >= 11 is 0. The summed E-state index contributed by atoms with van der Waals surface area (Å²) in [5, 5.41) is 14.1. The van der Waals surface area contributed by atoms with Crippen LogP contribution in [0.1, 0.15) is 37.1 Å². The summed E-state index contributed by atoms with van der Waals surface area (Å²) in [6.07, 6.45) is 2.25. The molecular weight excluding hydrogens is 488 g/mol. The number of nitrogens with one attached hydrogen (secondary N) is 1. The molecule has 3 aromatic carbocycles. The topological polar surface area (TPSA) is 95.9 Å². The van der Waals surface area contributed by atoms with Crippen molar-refractivity contribution in [1.82, 2.24) is 0 Å². The van der Waals surface area contributed by atoms with Crippen LogP contribution in [0.2, 0.25) is 0 Å². The van der Waals surface area contributed by atoms with Crippen molar-refractivity contribution < 1.29 is 24.5 Å². The van der Waals surface area contributed by atoms with Gasteiger partial charge in [-0.2, -0.15) is 0 Å². The van der Waals surface area contributed by atoms with Gasteiger partial charge in [-0.1, -0.05) is 30.3 Å². The molecular formula is C29H34N2O5S. The highest BCUT2D eigenvalue weighted by molar-refractivity contribution is 7.91. The quantitative estimate of drug-likeness (QED) is 0.380. The summed E-state index contributed by atoms with van der Waals surface area (Å²) in [6.45, 7) is 2.69. The van der Waals surface area contributed by atoms with Gasteiger partial charge in [0.15, 0.2) is 9.84 Å². The lowest BCUT2D eigenvalue weighted by Crippen LogP contribution is -2.52. The third-order valence-electron chi connectivity index (χ3n) is 6.77. The number of nitrogens with zero attached hydrogens (tertiary/aromatic N) is 1. The van der Waals surface area contributed by atoms with E-state index in [9.17, 15) is 18.3 Å². The van der Waals surface area contributed by atoms with Gasteiger partial charge in [0.1, 0.15) is 5.72 Å². The monoisotopic (exact) mass is 522 g/mol. The Labute approximate surface area is 219 Å². The molecule has 2 aliphatic rings. The molecule has 2 N–H and O–H groups in total. The summed E-state index contributed by atoms with van der Waals surface area (Å²) in [5.41, 5.74) is 1.58. The highest BCUT2D eigenvalue weighted by atomic mass is 32.2. The van der Waals surface area contributed by atoms with Crippen molar-refractivity contribution in [2.45, 2.75) is 42.8 Å². The largest absolute Gasteiger partial charge is 0.377 e. The standard InChI is InChI=1S/C29H32N2O5S.H2/c1-29(33,17-21-9-15-27(16-10-21)37(34,35)20-22-7-8-22)30-24-13-11-23(12-14-24)28(32)31(26-18-36-19-26)25-5-3-2-4-6-25;/h2-6,9-16,22,26,30,33H,7-8,17-20H2,1H3;1H. The maximum Gasteiger partial charge on any atom is 0.258 e. The Kier molecular flexibility index (Phi) is 7.07. The molecule has 37 heavy (non-hydrogen) atoms. The predicted octanol–water partition coefficient (Wildman–Crippen LogP) is 4.53. The number of carbonyl (C=O) groups is 1. The van der Waals surface area contributed by atoms with E-state index in [0.717, 1.165) is 24.1 Å². The van der Waals surface area contributed by atoms with Crippen LogP contribution >= 0.6 is 0 Å². The number of sulfone groups is 1. The lowest BCUT2D eigenvalue weighted by atomic mass is 10.0. The number of hydrogen-bond donors (Lipinski definition) is 2. The van der Waals surface area contributed by atoms with Gasteiger partial charge in [-0.25, -0.2) is 8.42 Å². The first-order chi connectivity index (χ1) is 17.7. The van der Waals surface area contributed by atoms with Crippen molar-refractivity contribution in [2.24, 2.45) is 5.92 Å². The number of aliphatic hydroxyl groups is 1. The minimum atomic E-state index is -3.26. The predicted molar refractivity (Wildman–Crippen MR) is 146 cm³/mol. The van der Waals surface area contributed by atoms with E-state index in [4.69, 9.17) is 4.74 Å². The molecule has 1 saturated heterocycles. The first kappa shape index (κ1) is 25.4. The number of anilines is 2. The Morgan fingerprint density at radius 3 is 2.24 bits per heavy atom. The zero-order valence-electron chi connectivity index (χ0n) is 20.8. The zero-order valence-corrected chi connectivity index (χ0v) is 21.7. The molecule has 0 radical (unpaired) electrons. The van der Waals surface area contributed by atoms with Gasteiger partial charge in [-0.15, -0.1) is 0 Å². The molecule has 5 rings (SSSR count). The summed E-state index contributed by atoms with van der Waals surface area (Å²) < 4.78 is 30.3. The SMILES string of the molecule is CC(O)(Cc1ccc(S(=O)(=O)CC2CC2)cc1)Nc1ccc(C(=O)N(c2ccccc2)C2COC2)cc1.[HH]. The van der Waals surface area contributed by atoms with E-state index in [-0.39, 0.29) is 25.5 Å². The molecule has 0 bridgehead atoms. The van der Waals surface area contributed by atoms with Crippen molar-refractivity contribution in [2.75, 3.05) is 29.2 Å². The lowest BCUT2D eigenvalue weighted by Gasteiger charge is -2.37. The number of ether oxygens (including phenoxy) is 1. The maximum absolute atomic E-state index is 13.3. The number of rotatable bonds is 10. The van der Waals surface area contributed by atoms with E-state index in [0.29, 0.717) is 35.3 Å². The summed E-state index contributed by atoms with van der Waals surface area (Å²) in [7, 11) is -3.26. The van der Waals surface area contributed by atoms with E-state index in [1.165, 1.54) is 0 Å². The molecule has 1 heterocycles. The van der Waals surface area contributed by atoms with Crippen molar-refractivity contribution >= 4 is 27.1 Å². The second-order valence-electron chi connectivity index (χ2n) is 10.2. The molecule has 2 fully saturated rings. The second-order valence-corrected chi connectivity index (χ2v) is 12.3. The number of hydrogen-bond acceptors (Lipinski definition) is 6. The maximum atomic E-state index is 13.3. The van der Waals surface area contributed by atoms with E-state index >= 15 is 0 Å². The minimum absolute atomic E-state index is 0. The van der Waals surface area contributed by atoms with Crippen LogP contribution in [0.4, 0.5) is 11.4 Å². The highest BCUT2D eigenvalue weighted by Gasteiger charge is 2.32. The third kappa shape index (κ3) is 6.21. The second kappa shape index (κ2) is 10.3. The van der Waals surface area contributed by atoms with Crippen molar-refractivity contribution in [3.05, 3.63) is 90.0 Å². The van der Waals surface area contributed by atoms with Crippen molar-refractivity contribution in [3.8, 4) is 0 Å². The molecule has 1 aliphatic heterocycles. The first-order valence-corrected chi connectivity index (χ1v) is 14.2. The van der Waals surface area contributed by atoms with Gasteiger partial charge in [-0.3, -0.25) is 4.79 Å². The Hall–Kier alpha value is -3.20. The summed E-state index contributed by atoms with van der Waals surface area (Å²) in [5.74, 6) is 0.404. The smallest absolute Gasteiger partial charge is 0.258 e. The molecule has 1 aliphatic carbocycles. The Bertz CT molecular complexity index is 1340. The fraction of sp³-hybridized carbons (Fsp3) is 0.345. The molecule has 7 nitrogen and oxygen atoms in total. The van der Waals surface area contributed by atoms with Crippen LogP contribution in [-0.4, -0.2) is 50.2 Å². The molecule has 1 saturated carbocycles. The molecule has 0 aromatic heterocycles. The van der Waals surface area contributed by atoms with Gasteiger partial charge in [0.2, 0.25) is 0 Å². The van der Waals surface area contributed by atoms with Gasteiger partial charge in [-0.05, 0) is 79.8 Å². The van der Waals surface area contributed by atoms with E-state index in [2.05, 4.69) is 5.32 Å². The van der Waals surface area contributed by atoms with E-state index in [1.54, 1.807) is 60.4 Å². The van der Waals surface area contributed by atoms with Gasteiger partial charge in [0.25, 0.3) is 5.91 Å². The van der Waals surface area contributed by atoms with Crippen LogP contribution in [0.15, 0.2) is 83.8 Å². The average Bonchev–Trinajstić information content (AvgIpc) is 3.65. The molecule has 3 aromatic rings. The van der Waals surface area contributed by atoms with Crippen LogP contribution < -0.4 is 10.2 Å². The normalized spacial score (nSPS) is 17.5. The zero-order chi connectivity index (χ0) is 26.0. The molecule has 1 unspecified atom stereocenters. The molecule has 1 amide bonds. The molecule has 196 valence electrons. The third-order valence-corrected chi connectivity index (χ3v) is 8.67. The van der Waals surface area contributed by atoms with Crippen LogP contribution in [0.5, 0.6) is 0 Å². The number of para-hydroxylation sites is 1. The fourth-order valence-electron chi connectivity index (χ4n) is 4.55. The van der Waals surface area contributed by atoms with Gasteiger partial charge < -0.3 is 20.1 Å². The molecule has 8 heteroatoms. The van der Waals surface area contributed by atoms with Crippen molar-refractivity contribution in [1.29, 1.82) is 0 Å². The summed E-state index contributed by atoms with van der Waals surface area (Å²) in [6, 6.07) is 23.3. The fourth-order valence-corrected chi connectivity index (χ4v) is 6.25. The summed E-state index contributed by atoms with van der Waals surface area (Å²) in [4.78, 5) is 15.4. The van der Waals surface area contributed by atoms with Crippen LogP contribution in [0, 0.1) is 5.92 Å². The number of amides is 1. The first-order valence-electron chi connectivity index (χ1n) is 12.6. The van der Waals surface area contributed by atoms with E-state index in [1.807, 2.05) is 30.3 Å². The minimum Gasteiger partial charge on any atom is -0.377 e. The lowest BCUT2D eigenvalue weighted by molar-refractivity contribution is 0.00834. The van der Waals surface area contributed by atoms with Gasteiger partial charge in [0.05, 0.1) is 29.9 Å². The highest BCUT2D eigenvalue weighted by Crippen LogP contribution is 2.32. The van der Waals surface area contributed by atoms with E-state index < -0.39 is 15.6 Å². The molecule has 1 atom stereocenters. The number of benzene rings is 3. The Balaban J connectivity index is 0.00000336.